The molecule has 5 nitrogen and oxygen atoms in total. The fourth-order valence-corrected chi connectivity index (χ4v) is 2.88. The van der Waals surface area contributed by atoms with Gasteiger partial charge in [0.1, 0.15) is 0 Å². The van der Waals surface area contributed by atoms with Crippen LogP contribution in [0, 0.1) is 6.92 Å². The van der Waals surface area contributed by atoms with Gasteiger partial charge in [0.15, 0.2) is 0 Å². The van der Waals surface area contributed by atoms with Crippen LogP contribution in [0.1, 0.15) is 12.5 Å². The SMILES string of the molecule is C=C(C)C(=O)Nc1cccc(NS(=O)(=O)c2ccc(C)cc2)c1. The molecule has 0 saturated carbocycles. The summed E-state index contributed by atoms with van der Waals surface area (Å²) >= 11 is 0. The van der Waals surface area contributed by atoms with E-state index in [0.29, 0.717) is 16.9 Å². The van der Waals surface area contributed by atoms with Gasteiger partial charge < -0.3 is 5.32 Å². The molecule has 0 heterocycles. The van der Waals surface area contributed by atoms with Gasteiger partial charge in [0, 0.05) is 11.3 Å². The second-order valence-corrected chi connectivity index (χ2v) is 6.92. The molecule has 0 radical (unpaired) electrons. The molecule has 2 aromatic carbocycles. The van der Waals surface area contributed by atoms with Crippen LogP contribution in [-0.2, 0) is 14.8 Å². The van der Waals surface area contributed by atoms with Gasteiger partial charge >= 0.3 is 0 Å². The molecule has 0 fully saturated rings. The number of carbonyl (C=O) groups excluding carboxylic acids is 1. The third kappa shape index (κ3) is 4.43. The standard InChI is InChI=1S/C17H18N2O3S/c1-12(2)17(20)18-14-5-4-6-15(11-14)19-23(21,22)16-9-7-13(3)8-10-16/h4-11,19H,1H2,2-3H3,(H,18,20). The summed E-state index contributed by atoms with van der Waals surface area (Å²) in [5, 5.41) is 2.64. The minimum atomic E-state index is -3.67. The highest BCUT2D eigenvalue weighted by atomic mass is 32.2. The van der Waals surface area contributed by atoms with Crippen molar-refractivity contribution in [2.75, 3.05) is 10.0 Å². The van der Waals surface area contributed by atoms with Gasteiger partial charge in [-0.05, 0) is 44.2 Å². The van der Waals surface area contributed by atoms with E-state index in [0.717, 1.165) is 5.56 Å². The predicted octanol–water partition coefficient (Wildman–Crippen LogP) is 3.31. The molecule has 120 valence electrons. The maximum absolute atomic E-state index is 12.3. The summed E-state index contributed by atoms with van der Waals surface area (Å²) in [6, 6.07) is 13.0. The minimum absolute atomic E-state index is 0.180. The molecule has 0 aliphatic heterocycles. The maximum Gasteiger partial charge on any atom is 0.261 e. The van der Waals surface area contributed by atoms with Gasteiger partial charge in [-0.1, -0.05) is 30.3 Å². The fraction of sp³-hybridized carbons (Fsp3) is 0.118. The highest BCUT2D eigenvalue weighted by molar-refractivity contribution is 7.92. The third-order valence-corrected chi connectivity index (χ3v) is 4.49. The predicted molar refractivity (Wildman–Crippen MR) is 91.9 cm³/mol. The number of anilines is 2. The molecular weight excluding hydrogens is 312 g/mol. The van der Waals surface area contributed by atoms with Crippen molar-refractivity contribution in [3.05, 3.63) is 66.2 Å². The number of benzene rings is 2. The van der Waals surface area contributed by atoms with Crippen molar-refractivity contribution in [2.45, 2.75) is 18.7 Å². The van der Waals surface area contributed by atoms with Crippen LogP contribution in [0.25, 0.3) is 0 Å². The summed E-state index contributed by atoms with van der Waals surface area (Å²) in [5.74, 6) is -0.316. The molecule has 0 aliphatic rings. The molecule has 1 amide bonds. The second-order valence-electron chi connectivity index (χ2n) is 5.23. The minimum Gasteiger partial charge on any atom is -0.322 e. The van der Waals surface area contributed by atoms with Gasteiger partial charge in [-0.25, -0.2) is 8.42 Å². The largest absolute Gasteiger partial charge is 0.322 e. The summed E-state index contributed by atoms with van der Waals surface area (Å²) in [5.41, 5.74) is 2.20. The molecule has 0 atom stereocenters. The van der Waals surface area contributed by atoms with E-state index in [1.807, 2.05) is 6.92 Å². The molecule has 2 rings (SSSR count). The Morgan fingerprint density at radius 2 is 1.65 bits per heavy atom. The zero-order chi connectivity index (χ0) is 17.0. The number of hydrogen-bond donors (Lipinski definition) is 2. The van der Waals surface area contributed by atoms with Gasteiger partial charge in [0.05, 0.1) is 10.6 Å². The number of sulfonamides is 1. The number of nitrogens with one attached hydrogen (secondary N) is 2. The van der Waals surface area contributed by atoms with E-state index in [2.05, 4.69) is 16.6 Å². The second kappa shape index (κ2) is 6.66. The van der Waals surface area contributed by atoms with Gasteiger partial charge in [0.25, 0.3) is 15.9 Å². The van der Waals surface area contributed by atoms with Crippen molar-refractivity contribution in [3.63, 3.8) is 0 Å². The van der Waals surface area contributed by atoms with Gasteiger partial charge in [-0.15, -0.1) is 0 Å². The van der Waals surface area contributed by atoms with Crippen molar-refractivity contribution in [2.24, 2.45) is 0 Å². The van der Waals surface area contributed by atoms with Crippen LogP contribution < -0.4 is 10.0 Å². The van der Waals surface area contributed by atoms with E-state index in [-0.39, 0.29) is 10.8 Å². The zero-order valence-corrected chi connectivity index (χ0v) is 13.8. The van der Waals surface area contributed by atoms with E-state index in [4.69, 9.17) is 0 Å². The summed E-state index contributed by atoms with van der Waals surface area (Å²) in [7, 11) is -3.67. The van der Waals surface area contributed by atoms with E-state index < -0.39 is 10.0 Å². The number of carbonyl (C=O) groups is 1. The Labute approximate surface area is 136 Å². The molecule has 0 aromatic heterocycles. The molecule has 6 heteroatoms. The van der Waals surface area contributed by atoms with Crippen LogP contribution in [0.5, 0.6) is 0 Å². The van der Waals surface area contributed by atoms with Gasteiger partial charge in [0.2, 0.25) is 0 Å². The lowest BCUT2D eigenvalue weighted by Gasteiger charge is -2.10. The molecule has 0 bridgehead atoms. The lowest BCUT2D eigenvalue weighted by Crippen LogP contribution is -2.14. The molecule has 0 aliphatic carbocycles. The topological polar surface area (TPSA) is 75.3 Å². The van der Waals surface area contributed by atoms with Crippen LogP contribution >= 0.6 is 0 Å². The van der Waals surface area contributed by atoms with Crippen LogP contribution in [0.15, 0.2) is 65.6 Å². The van der Waals surface area contributed by atoms with Gasteiger partial charge in [-0.2, -0.15) is 0 Å². The molecule has 2 aromatic rings. The summed E-state index contributed by atoms with van der Waals surface area (Å²) < 4.78 is 27.2. The maximum atomic E-state index is 12.3. The van der Waals surface area contributed by atoms with Gasteiger partial charge in [-0.3, -0.25) is 9.52 Å². The number of aryl methyl sites for hydroxylation is 1. The summed E-state index contributed by atoms with van der Waals surface area (Å²) in [4.78, 5) is 11.8. The van der Waals surface area contributed by atoms with Crippen molar-refractivity contribution in [1.82, 2.24) is 0 Å². The molecular formula is C17H18N2O3S. The van der Waals surface area contributed by atoms with Crippen LogP contribution in [0.4, 0.5) is 11.4 Å². The van der Waals surface area contributed by atoms with Crippen LogP contribution in [-0.4, -0.2) is 14.3 Å². The van der Waals surface area contributed by atoms with E-state index in [1.54, 1.807) is 55.5 Å². The first-order valence-corrected chi connectivity index (χ1v) is 8.43. The first kappa shape index (κ1) is 16.8. The van der Waals surface area contributed by atoms with E-state index in [9.17, 15) is 13.2 Å². The van der Waals surface area contributed by atoms with Crippen molar-refractivity contribution in [1.29, 1.82) is 0 Å². The van der Waals surface area contributed by atoms with E-state index >= 15 is 0 Å². The monoisotopic (exact) mass is 330 g/mol. The molecule has 0 saturated heterocycles. The number of hydrogen-bond acceptors (Lipinski definition) is 3. The lowest BCUT2D eigenvalue weighted by atomic mass is 10.2. The fourth-order valence-electron chi connectivity index (χ4n) is 1.83. The molecule has 0 spiro atoms. The number of amides is 1. The zero-order valence-electron chi connectivity index (χ0n) is 13.0. The van der Waals surface area contributed by atoms with Crippen LogP contribution in [0.2, 0.25) is 0 Å². The summed E-state index contributed by atoms with van der Waals surface area (Å²) in [6.07, 6.45) is 0. The van der Waals surface area contributed by atoms with E-state index in [1.165, 1.54) is 0 Å². The Hall–Kier alpha value is -2.60. The Kier molecular flexibility index (Phi) is 4.86. The van der Waals surface area contributed by atoms with Crippen molar-refractivity contribution < 1.29 is 13.2 Å². The Bertz CT molecular complexity index is 840. The highest BCUT2D eigenvalue weighted by Crippen LogP contribution is 2.20. The number of rotatable bonds is 5. The Morgan fingerprint density at radius 1 is 1.04 bits per heavy atom. The lowest BCUT2D eigenvalue weighted by molar-refractivity contribution is -0.112. The highest BCUT2D eigenvalue weighted by Gasteiger charge is 2.14. The normalized spacial score (nSPS) is 10.9. The van der Waals surface area contributed by atoms with Crippen molar-refractivity contribution >= 4 is 27.3 Å². The van der Waals surface area contributed by atoms with Crippen molar-refractivity contribution in [3.8, 4) is 0 Å². The molecule has 23 heavy (non-hydrogen) atoms. The Morgan fingerprint density at radius 3 is 2.26 bits per heavy atom. The molecule has 0 unspecified atom stereocenters. The molecule has 2 N–H and O–H groups in total. The van der Waals surface area contributed by atoms with Crippen LogP contribution in [0.3, 0.4) is 0 Å². The first-order valence-electron chi connectivity index (χ1n) is 6.94. The quantitative estimate of drug-likeness (QED) is 0.826. The third-order valence-electron chi connectivity index (χ3n) is 3.09. The Balaban J connectivity index is 2.21. The average molecular weight is 330 g/mol. The smallest absolute Gasteiger partial charge is 0.261 e. The summed E-state index contributed by atoms with van der Waals surface area (Å²) in [6.45, 7) is 7.04. The average Bonchev–Trinajstić information content (AvgIpc) is 2.47. The first-order chi connectivity index (χ1) is 10.8.